The third-order valence-electron chi connectivity index (χ3n) is 6.54. The second-order valence-corrected chi connectivity index (χ2v) is 8.79. The van der Waals surface area contributed by atoms with E-state index in [4.69, 9.17) is 0 Å². The van der Waals surface area contributed by atoms with E-state index in [0.717, 1.165) is 37.5 Å². The topological polar surface area (TPSA) is 0 Å². The molecule has 0 radical (unpaired) electrons. The molecule has 0 unspecified atom stereocenters. The first-order chi connectivity index (χ1) is 14.2. The van der Waals surface area contributed by atoms with Crippen molar-refractivity contribution in [3.8, 4) is 0 Å². The Morgan fingerprint density at radius 1 is 0.828 bits per heavy atom. The molecule has 0 saturated heterocycles. The van der Waals surface area contributed by atoms with Crippen molar-refractivity contribution < 1.29 is 4.39 Å². The van der Waals surface area contributed by atoms with Gasteiger partial charge in [-0.3, -0.25) is 0 Å². The van der Waals surface area contributed by atoms with Crippen LogP contribution in [0.4, 0.5) is 4.39 Å². The van der Waals surface area contributed by atoms with Crippen LogP contribution in [-0.4, -0.2) is 0 Å². The Hall–Kier alpha value is -1.89. The standard InChI is InChI=1S/C28H37F/c1-3-5-7-28(29)27-20-14-24(15-21-27)9-8-23-12-18-26(19-13-23)25-16-10-22(6-4-2)11-17-25/h7,12-15,18-22,25H,3-6,8-11,16-17H2,1-2H3/b28-7+. The molecule has 0 heterocycles. The van der Waals surface area contributed by atoms with Crippen LogP contribution in [-0.2, 0) is 12.8 Å². The Labute approximate surface area is 177 Å². The van der Waals surface area contributed by atoms with Gasteiger partial charge in [-0.25, -0.2) is 4.39 Å². The predicted octanol–water partition coefficient (Wildman–Crippen LogP) is 8.66. The van der Waals surface area contributed by atoms with E-state index in [-0.39, 0.29) is 5.83 Å². The summed E-state index contributed by atoms with van der Waals surface area (Å²) in [7, 11) is 0. The van der Waals surface area contributed by atoms with E-state index in [1.165, 1.54) is 55.2 Å². The summed E-state index contributed by atoms with van der Waals surface area (Å²) in [5.41, 5.74) is 4.89. The molecule has 1 aliphatic carbocycles. The molecule has 0 atom stereocenters. The molecule has 2 aromatic carbocycles. The van der Waals surface area contributed by atoms with E-state index in [1.54, 1.807) is 6.08 Å². The summed E-state index contributed by atoms with van der Waals surface area (Å²) in [5, 5.41) is 0. The van der Waals surface area contributed by atoms with Crippen LogP contribution in [0, 0.1) is 5.92 Å². The van der Waals surface area contributed by atoms with Gasteiger partial charge >= 0.3 is 0 Å². The third kappa shape index (κ3) is 6.56. The van der Waals surface area contributed by atoms with Gasteiger partial charge in [-0.15, -0.1) is 0 Å². The number of allylic oxidation sites excluding steroid dienone is 1. The van der Waals surface area contributed by atoms with Crippen molar-refractivity contribution in [2.45, 2.75) is 84.0 Å². The Bertz CT molecular complexity index is 746. The van der Waals surface area contributed by atoms with Crippen LogP contribution in [0.2, 0.25) is 0 Å². The van der Waals surface area contributed by atoms with Crippen molar-refractivity contribution in [2.75, 3.05) is 0 Å². The highest BCUT2D eigenvalue weighted by atomic mass is 19.1. The summed E-state index contributed by atoms with van der Waals surface area (Å²) in [6.45, 7) is 4.37. The molecule has 29 heavy (non-hydrogen) atoms. The smallest absolute Gasteiger partial charge is 0.126 e. The minimum atomic E-state index is -0.0993. The number of hydrogen-bond acceptors (Lipinski definition) is 0. The molecule has 156 valence electrons. The molecular weight excluding hydrogens is 355 g/mol. The van der Waals surface area contributed by atoms with Crippen LogP contribution in [0.15, 0.2) is 54.6 Å². The van der Waals surface area contributed by atoms with Crippen molar-refractivity contribution in [3.63, 3.8) is 0 Å². The number of unbranched alkanes of at least 4 members (excludes halogenated alkanes) is 1. The molecule has 2 aromatic rings. The zero-order chi connectivity index (χ0) is 20.5. The summed E-state index contributed by atoms with van der Waals surface area (Å²) in [4.78, 5) is 0. The molecule has 1 heteroatoms. The van der Waals surface area contributed by atoms with Crippen molar-refractivity contribution in [3.05, 3.63) is 76.9 Å². The molecule has 0 nitrogen and oxygen atoms in total. The number of aryl methyl sites for hydroxylation is 2. The molecule has 0 N–H and O–H groups in total. The molecule has 1 fully saturated rings. The Morgan fingerprint density at radius 3 is 1.97 bits per heavy atom. The van der Waals surface area contributed by atoms with Gasteiger partial charge in [0.2, 0.25) is 0 Å². The summed E-state index contributed by atoms with van der Waals surface area (Å²) < 4.78 is 14.0. The summed E-state index contributed by atoms with van der Waals surface area (Å²) >= 11 is 0. The lowest BCUT2D eigenvalue weighted by atomic mass is 9.77. The van der Waals surface area contributed by atoms with E-state index < -0.39 is 0 Å². The maximum absolute atomic E-state index is 14.0. The fourth-order valence-corrected chi connectivity index (χ4v) is 4.66. The SMILES string of the molecule is CCC/C=C(/F)c1ccc(CCc2ccc(C3CCC(CCC)CC3)cc2)cc1. The first-order valence-corrected chi connectivity index (χ1v) is 11.7. The molecular formula is C28H37F. The van der Waals surface area contributed by atoms with Gasteiger partial charge in [0.15, 0.2) is 0 Å². The Kier molecular flexibility index (Phi) is 8.52. The zero-order valence-corrected chi connectivity index (χ0v) is 18.3. The first kappa shape index (κ1) is 21.8. The number of rotatable bonds is 9. The number of benzene rings is 2. The minimum Gasteiger partial charge on any atom is -0.207 e. The van der Waals surface area contributed by atoms with Gasteiger partial charge < -0.3 is 0 Å². The lowest BCUT2D eigenvalue weighted by molar-refractivity contribution is 0.308. The average Bonchev–Trinajstić information content (AvgIpc) is 2.77. The molecule has 0 aliphatic heterocycles. The van der Waals surface area contributed by atoms with Crippen molar-refractivity contribution in [1.82, 2.24) is 0 Å². The fraction of sp³-hybridized carbons (Fsp3) is 0.500. The Balaban J connectivity index is 1.49. The van der Waals surface area contributed by atoms with Gasteiger partial charge in [0, 0.05) is 5.56 Å². The van der Waals surface area contributed by atoms with Gasteiger partial charge in [0.1, 0.15) is 5.83 Å². The van der Waals surface area contributed by atoms with Crippen LogP contribution < -0.4 is 0 Å². The summed E-state index contributed by atoms with van der Waals surface area (Å²) in [6.07, 6.45) is 13.8. The van der Waals surface area contributed by atoms with Crippen LogP contribution in [0.3, 0.4) is 0 Å². The summed E-state index contributed by atoms with van der Waals surface area (Å²) in [6, 6.07) is 17.3. The van der Waals surface area contributed by atoms with E-state index in [2.05, 4.69) is 50.2 Å². The van der Waals surface area contributed by atoms with E-state index in [1.807, 2.05) is 12.1 Å². The van der Waals surface area contributed by atoms with Crippen molar-refractivity contribution >= 4 is 5.83 Å². The molecule has 0 bridgehead atoms. The molecule has 1 aliphatic rings. The largest absolute Gasteiger partial charge is 0.207 e. The van der Waals surface area contributed by atoms with E-state index >= 15 is 0 Å². The van der Waals surface area contributed by atoms with E-state index in [9.17, 15) is 4.39 Å². The van der Waals surface area contributed by atoms with Crippen molar-refractivity contribution in [1.29, 1.82) is 0 Å². The van der Waals surface area contributed by atoms with Crippen LogP contribution >= 0.6 is 0 Å². The normalized spacial score (nSPS) is 20.0. The minimum absolute atomic E-state index is 0.0993. The lowest BCUT2D eigenvalue weighted by Crippen LogP contribution is -2.13. The van der Waals surface area contributed by atoms with Gasteiger partial charge in [0.05, 0.1) is 0 Å². The number of hydrogen-bond donors (Lipinski definition) is 0. The maximum atomic E-state index is 14.0. The lowest BCUT2D eigenvalue weighted by Gasteiger charge is -2.28. The van der Waals surface area contributed by atoms with Crippen LogP contribution in [0.1, 0.15) is 93.4 Å². The second kappa shape index (κ2) is 11.3. The molecule has 0 aromatic heterocycles. The number of halogens is 1. The highest BCUT2D eigenvalue weighted by molar-refractivity contribution is 5.59. The van der Waals surface area contributed by atoms with Crippen LogP contribution in [0.5, 0.6) is 0 Å². The third-order valence-corrected chi connectivity index (χ3v) is 6.54. The first-order valence-electron chi connectivity index (χ1n) is 11.7. The van der Waals surface area contributed by atoms with Crippen molar-refractivity contribution in [2.24, 2.45) is 5.92 Å². The van der Waals surface area contributed by atoms with Gasteiger partial charge in [-0.2, -0.15) is 0 Å². The summed E-state index contributed by atoms with van der Waals surface area (Å²) in [5.74, 6) is 1.63. The fourth-order valence-electron chi connectivity index (χ4n) is 4.66. The monoisotopic (exact) mass is 392 g/mol. The maximum Gasteiger partial charge on any atom is 0.126 e. The van der Waals surface area contributed by atoms with Gasteiger partial charge in [-0.1, -0.05) is 81.6 Å². The zero-order valence-electron chi connectivity index (χ0n) is 18.3. The van der Waals surface area contributed by atoms with Crippen LogP contribution in [0.25, 0.3) is 5.83 Å². The Morgan fingerprint density at radius 2 is 1.41 bits per heavy atom. The second-order valence-electron chi connectivity index (χ2n) is 8.79. The predicted molar refractivity (Wildman–Crippen MR) is 124 cm³/mol. The molecule has 3 rings (SSSR count). The quantitative estimate of drug-likeness (QED) is 0.400. The van der Waals surface area contributed by atoms with E-state index in [0.29, 0.717) is 5.56 Å². The average molecular weight is 393 g/mol. The highest BCUT2D eigenvalue weighted by Crippen LogP contribution is 2.37. The van der Waals surface area contributed by atoms with Gasteiger partial charge in [-0.05, 0) is 79.5 Å². The molecule has 0 spiro atoms. The van der Waals surface area contributed by atoms with Gasteiger partial charge in [0.25, 0.3) is 0 Å². The molecule has 1 saturated carbocycles. The highest BCUT2D eigenvalue weighted by Gasteiger charge is 2.21. The molecule has 0 amide bonds.